The van der Waals surface area contributed by atoms with Gasteiger partial charge in [-0.3, -0.25) is 0 Å². The SMILES string of the molecule is Cc1nsc(Nc2ccsc2)c1C(=O)O. The van der Waals surface area contributed by atoms with E-state index >= 15 is 0 Å². The zero-order valence-corrected chi connectivity index (χ0v) is 9.48. The van der Waals surface area contributed by atoms with Crippen molar-refractivity contribution in [3.63, 3.8) is 0 Å². The van der Waals surface area contributed by atoms with Gasteiger partial charge in [0.25, 0.3) is 0 Å². The maximum Gasteiger partial charge on any atom is 0.340 e. The topological polar surface area (TPSA) is 62.2 Å². The van der Waals surface area contributed by atoms with Gasteiger partial charge < -0.3 is 10.4 Å². The van der Waals surface area contributed by atoms with Crippen molar-refractivity contribution < 1.29 is 9.90 Å². The highest BCUT2D eigenvalue weighted by Crippen LogP contribution is 2.28. The molecule has 2 N–H and O–H groups in total. The van der Waals surface area contributed by atoms with E-state index in [9.17, 15) is 4.79 Å². The number of thiophene rings is 1. The normalized spacial score (nSPS) is 10.2. The van der Waals surface area contributed by atoms with Gasteiger partial charge in [0, 0.05) is 11.1 Å². The first kappa shape index (κ1) is 10.1. The van der Waals surface area contributed by atoms with E-state index < -0.39 is 5.97 Å². The molecule has 15 heavy (non-hydrogen) atoms. The molecule has 6 heteroatoms. The third-order valence-electron chi connectivity index (χ3n) is 1.86. The zero-order chi connectivity index (χ0) is 10.8. The molecule has 0 atom stereocenters. The fourth-order valence-electron chi connectivity index (χ4n) is 1.17. The smallest absolute Gasteiger partial charge is 0.340 e. The molecule has 0 fully saturated rings. The number of carboxylic acid groups (broad SMARTS) is 1. The number of anilines is 2. The van der Waals surface area contributed by atoms with E-state index in [1.807, 2.05) is 16.8 Å². The Hall–Kier alpha value is -1.40. The fraction of sp³-hybridized carbons (Fsp3) is 0.111. The van der Waals surface area contributed by atoms with Crippen molar-refractivity contribution in [2.75, 3.05) is 5.32 Å². The van der Waals surface area contributed by atoms with Crippen LogP contribution in [0.5, 0.6) is 0 Å². The van der Waals surface area contributed by atoms with Crippen LogP contribution in [0.3, 0.4) is 0 Å². The molecule has 2 rings (SSSR count). The molecule has 0 unspecified atom stereocenters. The van der Waals surface area contributed by atoms with Crippen molar-refractivity contribution in [1.82, 2.24) is 4.37 Å². The summed E-state index contributed by atoms with van der Waals surface area (Å²) in [6, 6.07) is 1.89. The van der Waals surface area contributed by atoms with E-state index in [2.05, 4.69) is 9.69 Å². The molecule has 2 aromatic heterocycles. The standard InChI is InChI=1S/C9H8N2O2S2/c1-5-7(9(12)13)8(15-11-5)10-6-2-3-14-4-6/h2-4,10H,1H3,(H,12,13). The van der Waals surface area contributed by atoms with E-state index in [1.54, 1.807) is 18.3 Å². The van der Waals surface area contributed by atoms with Crippen LogP contribution in [0.4, 0.5) is 10.7 Å². The van der Waals surface area contributed by atoms with Gasteiger partial charge in [0.05, 0.1) is 5.69 Å². The van der Waals surface area contributed by atoms with Gasteiger partial charge in [-0.1, -0.05) is 0 Å². The Labute approximate surface area is 94.4 Å². The summed E-state index contributed by atoms with van der Waals surface area (Å²) < 4.78 is 4.02. The highest BCUT2D eigenvalue weighted by Gasteiger charge is 2.17. The van der Waals surface area contributed by atoms with Crippen molar-refractivity contribution >= 4 is 39.5 Å². The monoisotopic (exact) mass is 240 g/mol. The summed E-state index contributed by atoms with van der Waals surface area (Å²) >= 11 is 2.72. The van der Waals surface area contributed by atoms with Gasteiger partial charge in [0.15, 0.2) is 0 Å². The fourth-order valence-corrected chi connectivity index (χ4v) is 2.57. The summed E-state index contributed by atoms with van der Waals surface area (Å²) in [5.41, 5.74) is 1.70. The number of nitrogens with one attached hydrogen (secondary N) is 1. The third-order valence-corrected chi connectivity index (χ3v) is 3.39. The molecule has 0 radical (unpaired) electrons. The molecule has 0 amide bonds. The molecule has 2 aromatic rings. The molecule has 0 spiro atoms. The highest BCUT2D eigenvalue weighted by molar-refractivity contribution is 7.11. The van der Waals surface area contributed by atoms with Gasteiger partial charge in [0.2, 0.25) is 0 Å². The van der Waals surface area contributed by atoms with Crippen molar-refractivity contribution in [3.8, 4) is 0 Å². The second kappa shape index (κ2) is 4.00. The maximum atomic E-state index is 11.0. The molecule has 0 saturated carbocycles. The van der Waals surface area contributed by atoms with Crippen LogP contribution >= 0.6 is 22.9 Å². The van der Waals surface area contributed by atoms with Crippen LogP contribution in [0.25, 0.3) is 0 Å². The van der Waals surface area contributed by atoms with Gasteiger partial charge >= 0.3 is 5.97 Å². The van der Waals surface area contributed by atoms with Crippen molar-refractivity contribution in [1.29, 1.82) is 0 Å². The average Bonchev–Trinajstić information content (AvgIpc) is 2.76. The van der Waals surface area contributed by atoms with Gasteiger partial charge in [-0.2, -0.15) is 15.7 Å². The highest BCUT2D eigenvalue weighted by atomic mass is 32.1. The molecule has 0 aliphatic carbocycles. The van der Waals surface area contributed by atoms with Crippen molar-refractivity contribution in [2.24, 2.45) is 0 Å². The first-order chi connectivity index (χ1) is 7.18. The minimum Gasteiger partial charge on any atom is -0.478 e. The van der Waals surface area contributed by atoms with Crippen LogP contribution in [0.15, 0.2) is 16.8 Å². The first-order valence-corrected chi connectivity index (χ1v) is 5.89. The predicted molar refractivity (Wildman–Crippen MR) is 61.4 cm³/mol. The Balaban J connectivity index is 2.33. The molecular weight excluding hydrogens is 232 g/mol. The Kier molecular flexibility index (Phi) is 2.70. The predicted octanol–water partition coefficient (Wildman–Crippen LogP) is 2.95. The zero-order valence-electron chi connectivity index (χ0n) is 7.85. The number of aryl methyl sites for hydroxylation is 1. The maximum absolute atomic E-state index is 11.0. The Morgan fingerprint density at radius 2 is 2.40 bits per heavy atom. The van der Waals surface area contributed by atoms with E-state index in [4.69, 9.17) is 5.11 Å². The Bertz CT molecular complexity index is 476. The number of nitrogens with zero attached hydrogens (tertiary/aromatic N) is 1. The van der Waals surface area contributed by atoms with E-state index in [0.717, 1.165) is 5.69 Å². The van der Waals surface area contributed by atoms with Crippen LogP contribution < -0.4 is 5.32 Å². The van der Waals surface area contributed by atoms with Gasteiger partial charge in [-0.25, -0.2) is 4.79 Å². The summed E-state index contributed by atoms with van der Waals surface area (Å²) in [7, 11) is 0. The lowest BCUT2D eigenvalue weighted by Crippen LogP contribution is -2.00. The lowest BCUT2D eigenvalue weighted by molar-refractivity contribution is 0.0697. The number of carboxylic acids is 1. The van der Waals surface area contributed by atoms with Crippen LogP contribution in [0.1, 0.15) is 16.1 Å². The quantitative estimate of drug-likeness (QED) is 0.865. The minimum absolute atomic E-state index is 0.256. The van der Waals surface area contributed by atoms with Crippen LogP contribution in [0.2, 0.25) is 0 Å². The van der Waals surface area contributed by atoms with E-state index in [0.29, 0.717) is 10.7 Å². The lowest BCUT2D eigenvalue weighted by atomic mass is 10.2. The summed E-state index contributed by atoms with van der Waals surface area (Å²) in [6.45, 7) is 1.69. The Morgan fingerprint density at radius 3 is 3.00 bits per heavy atom. The number of hydrogen-bond acceptors (Lipinski definition) is 5. The van der Waals surface area contributed by atoms with Crippen LogP contribution in [0, 0.1) is 6.92 Å². The Morgan fingerprint density at radius 1 is 1.60 bits per heavy atom. The average molecular weight is 240 g/mol. The molecule has 78 valence electrons. The number of aromatic nitrogens is 1. The van der Waals surface area contributed by atoms with Crippen molar-refractivity contribution in [3.05, 3.63) is 28.1 Å². The molecule has 0 aliphatic rings. The number of rotatable bonds is 3. The molecule has 4 nitrogen and oxygen atoms in total. The van der Waals surface area contributed by atoms with Crippen LogP contribution in [-0.4, -0.2) is 15.4 Å². The lowest BCUT2D eigenvalue weighted by Gasteiger charge is -2.00. The van der Waals surface area contributed by atoms with Gasteiger partial charge in [0.1, 0.15) is 10.6 Å². The van der Waals surface area contributed by atoms with Gasteiger partial charge in [-0.15, -0.1) is 0 Å². The second-order valence-corrected chi connectivity index (χ2v) is 4.47. The molecule has 0 bridgehead atoms. The minimum atomic E-state index is -0.945. The van der Waals surface area contributed by atoms with Crippen molar-refractivity contribution in [2.45, 2.75) is 6.92 Å². The number of hydrogen-bond donors (Lipinski definition) is 2. The molecule has 0 saturated heterocycles. The van der Waals surface area contributed by atoms with Crippen LogP contribution in [-0.2, 0) is 0 Å². The van der Waals surface area contributed by atoms with E-state index in [1.165, 1.54) is 11.5 Å². The summed E-state index contributed by atoms with van der Waals surface area (Å²) in [6.07, 6.45) is 0. The largest absolute Gasteiger partial charge is 0.478 e. The summed E-state index contributed by atoms with van der Waals surface area (Å²) in [5.74, 6) is -0.945. The molecule has 0 aliphatic heterocycles. The summed E-state index contributed by atoms with van der Waals surface area (Å²) in [5, 5.41) is 16.5. The van der Waals surface area contributed by atoms with E-state index in [-0.39, 0.29) is 5.56 Å². The number of carbonyl (C=O) groups is 1. The molecule has 2 heterocycles. The molecular formula is C9H8N2O2S2. The summed E-state index contributed by atoms with van der Waals surface area (Å²) in [4.78, 5) is 11.0. The first-order valence-electron chi connectivity index (χ1n) is 4.17. The molecule has 0 aromatic carbocycles. The third kappa shape index (κ3) is 2.00. The van der Waals surface area contributed by atoms with Gasteiger partial charge in [-0.05, 0) is 29.9 Å². The second-order valence-electron chi connectivity index (χ2n) is 2.91. The number of aromatic carboxylic acids is 1.